The molecule has 28 heavy (non-hydrogen) atoms. The molecule has 6 nitrogen and oxygen atoms in total. The molecule has 0 saturated carbocycles. The van der Waals surface area contributed by atoms with E-state index in [1.807, 2.05) is 26.0 Å². The van der Waals surface area contributed by atoms with E-state index >= 15 is 0 Å². The highest BCUT2D eigenvalue weighted by molar-refractivity contribution is 7.99. The topological polar surface area (TPSA) is 81.9 Å². The zero-order chi connectivity index (χ0) is 20.1. The molecule has 0 aliphatic carbocycles. The molecule has 0 spiro atoms. The van der Waals surface area contributed by atoms with Gasteiger partial charge in [0.1, 0.15) is 11.6 Å². The fraction of sp³-hybridized carbons (Fsp3) is 0.250. The lowest BCUT2D eigenvalue weighted by Crippen LogP contribution is -2.11. The van der Waals surface area contributed by atoms with Gasteiger partial charge in [-0.2, -0.15) is 0 Å². The maximum absolute atomic E-state index is 12.6. The Morgan fingerprint density at radius 2 is 1.71 bits per heavy atom. The molecule has 0 aliphatic heterocycles. The second-order valence-electron chi connectivity index (χ2n) is 6.29. The number of carbonyl (C=O) groups excluding carboxylic acids is 1. The number of Topliss-reactive ketones (excluding diaryl/α,β-unsaturated/α-hetero) is 1. The Hall–Kier alpha value is -2.45. The average molecular weight is 416 g/mol. The molecule has 0 unspecified atom stereocenters. The molecule has 0 bridgehead atoms. The molecule has 0 amide bonds. The van der Waals surface area contributed by atoms with Crippen LogP contribution in [0.2, 0.25) is 0 Å². The largest absolute Gasteiger partial charge is 0.305 e. The Morgan fingerprint density at radius 3 is 2.36 bits per heavy atom. The molecular weight excluding hydrogens is 394 g/mol. The van der Waals surface area contributed by atoms with Gasteiger partial charge in [-0.25, -0.2) is 8.42 Å². The summed E-state index contributed by atoms with van der Waals surface area (Å²) in [6, 6.07) is 15.7. The third kappa shape index (κ3) is 4.69. The van der Waals surface area contributed by atoms with Crippen LogP contribution in [0.3, 0.4) is 0 Å². The third-order valence-electron chi connectivity index (χ3n) is 4.24. The van der Waals surface area contributed by atoms with Crippen LogP contribution in [-0.4, -0.2) is 34.7 Å². The van der Waals surface area contributed by atoms with Crippen molar-refractivity contribution in [3.63, 3.8) is 0 Å². The summed E-state index contributed by atoms with van der Waals surface area (Å²) in [6.07, 6.45) is 0. The molecule has 0 saturated heterocycles. The van der Waals surface area contributed by atoms with Crippen LogP contribution in [-0.2, 0) is 22.1 Å². The number of hydrogen-bond acceptors (Lipinski definition) is 6. The van der Waals surface area contributed by atoms with E-state index in [-0.39, 0.29) is 22.2 Å². The van der Waals surface area contributed by atoms with E-state index in [0.29, 0.717) is 23.1 Å². The minimum Gasteiger partial charge on any atom is -0.305 e. The molecule has 0 radical (unpaired) electrons. The Morgan fingerprint density at radius 1 is 1.04 bits per heavy atom. The minimum atomic E-state index is -3.51. The Kier molecular flexibility index (Phi) is 6.31. The lowest BCUT2D eigenvalue weighted by molar-refractivity contribution is 0.102. The van der Waals surface area contributed by atoms with Crippen molar-refractivity contribution < 1.29 is 13.2 Å². The summed E-state index contributed by atoms with van der Waals surface area (Å²) in [5.74, 6) is 0.350. The first kappa shape index (κ1) is 20.3. The van der Waals surface area contributed by atoms with E-state index in [1.54, 1.807) is 47.0 Å². The highest BCUT2D eigenvalue weighted by atomic mass is 32.2. The molecule has 3 aromatic rings. The number of thioether (sulfide) groups is 1. The van der Waals surface area contributed by atoms with Crippen LogP contribution in [0.4, 0.5) is 0 Å². The molecule has 3 rings (SSSR count). The minimum absolute atomic E-state index is 0.00545. The maximum Gasteiger partial charge on any atom is 0.191 e. The van der Waals surface area contributed by atoms with Crippen molar-refractivity contribution in [2.75, 3.05) is 5.75 Å². The summed E-state index contributed by atoms with van der Waals surface area (Å²) in [4.78, 5) is 12.6. The van der Waals surface area contributed by atoms with E-state index in [0.717, 1.165) is 5.56 Å². The SMILES string of the molecule is CCn1c(CS(=O)(=O)c2ccccc2)nnc1SCC(=O)c1ccc(C)cc1. The van der Waals surface area contributed by atoms with Crippen molar-refractivity contribution in [3.8, 4) is 0 Å². The molecule has 0 aliphatic rings. The standard InChI is InChI=1S/C20H21N3O3S2/c1-3-23-19(14-28(25,26)17-7-5-4-6-8-17)21-22-20(23)27-13-18(24)16-11-9-15(2)10-12-16/h4-12H,3,13-14H2,1-2H3. The van der Waals surface area contributed by atoms with Crippen LogP contribution in [0, 0.1) is 6.92 Å². The van der Waals surface area contributed by atoms with Crippen molar-refractivity contribution in [2.24, 2.45) is 0 Å². The van der Waals surface area contributed by atoms with Crippen LogP contribution in [0.5, 0.6) is 0 Å². The zero-order valence-corrected chi connectivity index (χ0v) is 17.3. The zero-order valence-electron chi connectivity index (χ0n) is 15.7. The first-order valence-electron chi connectivity index (χ1n) is 8.83. The summed E-state index contributed by atoms with van der Waals surface area (Å²) in [5, 5.41) is 8.71. The van der Waals surface area contributed by atoms with Crippen molar-refractivity contribution in [1.82, 2.24) is 14.8 Å². The van der Waals surface area contributed by atoms with Crippen molar-refractivity contribution >= 4 is 27.4 Å². The van der Waals surface area contributed by atoms with E-state index in [1.165, 1.54) is 11.8 Å². The maximum atomic E-state index is 12.6. The highest BCUT2D eigenvalue weighted by Crippen LogP contribution is 2.22. The number of nitrogens with zero attached hydrogens (tertiary/aromatic N) is 3. The van der Waals surface area contributed by atoms with Crippen molar-refractivity contribution in [3.05, 3.63) is 71.5 Å². The summed E-state index contributed by atoms with van der Waals surface area (Å²) in [5.41, 5.74) is 1.74. The predicted molar refractivity (Wildman–Crippen MR) is 109 cm³/mol. The molecule has 0 N–H and O–H groups in total. The number of rotatable bonds is 8. The predicted octanol–water partition coefficient (Wildman–Crippen LogP) is 3.56. The molecule has 2 aromatic carbocycles. The third-order valence-corrected chi connectivity index (χ3v) is 6.83. The molecule has 0 fully saturated rings. The van der Waals surface area contributed by atoms with Gasteiger partial charge in [-0.1, -0.05) is 59.8 Å². The monoisotopic (exact) mass is 415 g/mol. The average Bonchev–Trinajstić information content (AvgIpc) is 3.08. The van der Waals surface area contributed by atoms with E-state index in [4.69, 9.17) is 0 Å². The smallest absolute Gasteiger partial charge is 0.191 e. The summed E-state index contributed by atoms with van der Waals surface area (Å²) in [7, 11) is -3.51. The number of benzene rings is 2. The van der Waals surface area contributed by atoms with Crippen LogP contribution in [0.15, 0.2) is 64.6 Å². The molecule has 1 heterocycles. The number of aryl methyl sites for hydroxylation is 1. The molecule has 1 aromatic heterocycles. The summed E-state index contributed by atoms with van der Waals surface area (Å²) < 4.78 is 27.0. The normalized spacial score (nSPS) is 11.5. The first-order chi connectivity index (χ1) is 13.4. The Bertz CT molecular complexity index is 1060. The quantitative estimate of drug-likeness (QED) is 0.413. The van der Waals surface area contributed by atoms with E-state index in [2.05, 4.69) is 10.2 Å². The van der Waals surface area contributed by atoms with Gasteiger partial charge in [0.25, 0.3) is 0 Å². The van der Waals surface area contributed by atoms with Gasteiger partial charge in [0, 0.05) is 12.1 Å². The van der Waals surface area contributed by atoms with Crippen LogP contribution >= 0.6 is 11.8 Å². The van der Waals surface area contributed by atoms with Crippen molar-refractivity contribution in [2.45, 2.75) is 36.2 Å². The Labute approximate surface area is 168 Å². The molecule has 8 heteroatoms. The first-order valence-corrected chi connectivity index (χ1v) is 11.5. The lowest BCUT2D eigenvalue weighted by atomic mass is 10.1. The lowest BCUT2D eigenvalue weighted by Gasteiger charge is -2.08. The van der Waals surface area contributed by atoms with Gasteiger partial charge in [-0.05, 0) is 26.0 Å². The highest BCUT2D eigenvalue weighted by Gasteiger charge is 2.21. The van der Waals surface area contributed by atoms with Gasteiger partial charge in [-0.3, -0.25) is 4.79 Å². The van der Waals surface area contributed by atoms with Crippen molar-refractivity contribution in [1.29, 1.82) is 0 Å². The second-order valence-corrected chi connectivity index (χ2v) is 9.23. The summed E-state index contributed by atoms with van der Waals surface area (Å²) >= 11 is 1.27. The van der Waals surface area contributed by atoms with E-state index < -0.39 is 9.84 Å². The van der Waals surface area contributed by atoms with Crippen LogP contribution < -0.4 is 0 Å². The Balaban J connectivity index is 1.73. The number of sulfone groups is 1. The second kappa shape index (κ2) is 8.70. The number of aromatic nitrogens is 3. The van der Waals surface area contributed by atoms with Gasteiger partial charge >= 0.3 is 0 Å². The number of hydrogen-bond donors (Lipinski definition) is 0. The molecular formula is C20H21N3O3S2. The number of ketones is 1. The van der Waals surface area contributed by atoms with Crippen LogP contribution in [0.25, 0.3) is 0 Å². The van der Waals surface area contributed by atoms with Gasteiger partial charge in [0.05, 0.1) is 10.6 Å². The number of carbonyl (C=O) groups is 1. The van der Waals surface area contributed by atoms with Crippen LogP contribution in [0.1, 0.15) is 28.7 Å². The fourth-order valence-corrected chi connectivity index (χ4v) is 4.89. The molecule has 0 atom stereocenters. The molecule has 146 valence electrons. The van der Waals surface area contributed by atoms with Gasteiger partial charge in [0.15, 0.2) is 20.8 Å². The summed E-state index contributed by atoms with van der Waals surface area (Å²) in [6.45, 7) is 4.39. The van der Waals surface area contributed by atoms with Gasteiger partial charge in [0.2, 0.25) is 0 Å². The fourth-order valence-electron chi connectivity index (χ4n) is 2.68. The van der Waals surface area contributed by atoms with Gasteiger partial charge in [-0.15, -0.1) is 10.2 Å². The van der Waals surface area contributed by atoms with Gasteiger partial charge < -0.3 is 4.57 Å². The van der Waals surface area contributed by atoms with E-state index in [9.17, 15) is 13.2 Å².